The molecule has 1 aliphatic heterocycles. The molecule has 0 atom stereocenters. The number of carbonyl (C=O) groups is 2. The van der Waals surface area contributed by atoms with Crippen molar-refractivity contribution in [3.63, 3.8) is 0 Å². The highest BCUT2D eigenvalue weighted by Crippen LogP contribution is 2.48. The van der Waals surface area contributed by atoms with Crippen LogP contribution in [-0.4, -0.2) is 16.9 Å². The molecule has 7 rings (SSSR count). The van der Waals surface area contributed by atoms with Gasteiger partial charge in [-0.2, -0.15) is 5.26 Å². The van der Waals surface area contributed by atoms with Gasteiger partial charge < -0.3 is 20.1 Å². The van der Waals surface area contributed by atoms with Gasteiger partial charge in [-0.1, -0.05) is 47.7 Å². The van der Waals surface area contributed by atoms with Crippen LogP contribution in [0.5, 0.6) is 11.5 Å². The maximum absolute atomic E-state index is 13.3. The molecule has 2 N–H and O–H groups in total. The van der Waals surface area contributed by atoms with Crippen molar-refractivity contribution in [2.45, 2.75) is 26.1 Å². The largest absolute Gasteiger partial charge is 0.489 e. The summed E-state index contributed by atoms with van der Waals surface area (Å²) in [5.74, 6) is 1.28. The van der Waals surface area contributed by atoms with Crippen molar-refractivity contribution in [2.75, 3.05) is 15.5 Å². The molecule has 0 unspecified atom stereocenters. The molecule has 0 saturated heterocycles. The van der Waals surface area contributed by atoms with Crippen LogP contribution in [0.1, 0.15) is 29.5 Å². The minimum atomic E-state index is -0.305. The number of nitriles is 1. The lowest BCUT2D eigenvalue weighted by molar-refractivity contribution is -0.117. The lowest BCUT2D eigenvalue weighted by atomic mass is 10.1. The zero-order valence-corrected chi connectivity index (χ0v) is 23.7. The highest BCUT2D eigenvalue weighted by atomic mass is 32.1. The van der Waals surface area contributed by atoms with Gasteiger partial charge in [0, 0.05) is 12.1 Å². The van der Waals surface area contributed by atoms with Gasteiger partial charge in [0.1, 0.15) is 40.6 Å². The first-order valence-corrected chi connectivity index (χ1v) is 14.6. The van der Waals surface area contributed by atoms with E-state index in [1.54, 1.807) is 29.3 Å². The molecule has 3 heterocycles. The van der Waals surface area contributed by atoms with E-state index < -0.39 is 0 Å². The highest BCUT2D eigenvalue weighted by Gasteiger charge is 2.34. The summed E-state index contributed by atoms with van der Waals surface area (Å²) in [5, 5.41) is 16.7. The van der Waals surface area contributed by atoms with Gasteiger partial charge in [-0.15, -0.1) is 0 Å². The number of hydrogen-bond acceptors (Lipinski definition) is 7. The minimum Gasteiger partial charge on any atom is -0.489 e. The van der Waals surface area contributed by atoms with E-state index in [2.05, 4.69) is 21.7 Å². The number of rotatable bonds is 9. The van der Waals surface area contributed by atoms with Crippen molar-refractivity contribution < 1.29 is 19.1 Å². The van der Waals surface area contributed by atoms with Crippen molar-refractivity contribution in [1.82, 2.24) is 4.98 Å². The van der Waals surface area contributed by atoms with Gasteiger partial charge >= 0.3 is 6.03 Å². The monoisotopic (exact) mass is 587 g/mol. The summed E-state index contributed by atoms with van der Waals surface area (Å²) in [6.45, 7) is 0.650. The van der Waals surface area contributed by atoms with E-state index in [0.717, 1.165) is 34.2 Å². The predicted molar refractivity (Wildman–Crippen MR) is 165 cm³/mol. The summed E-state index contributed by atoms with van der Waals surface area (Å²) >= 11 is 1.37. The van der Waals surface area contributed by atoms with Crippen LogP contribution < -0.4 is 25.0 Å². The summed E-state index contributed by atoms with van der Waals surface area (Å²) in [5.41, 5.74) is 4.37. The lowest BCUT2D eigenvalue weighted by Gasteiger charge is -2.28. The maximum atomic E-state index is 13.3. The molecule has 0 radical (unpaired) electrons. The van der Waals surface area contributed by atoms with E-state index >= 15 is 0 Å². The zero-order valence-electron chi connectivity index (χ0n) is 22.9. The van der Waals surface area contributed by atoms with Crippen LogP contribution in [0.4, 0.5) is 26.9 Å². The van der Waals surface area contributed by atoms with Crippen molar-refractivity contribution in [1.29, 1.82) is 5.26 Å². The molecular formula is C33H25N5O4S. The summed E-state index contributed by atoms with van der Waals surface area (Å²) in [4.78, 5) is 32.6. The van der Waals surface area contributed by atoms with Crippen molar-refractivity contribution in [3.8, 4) is 17.6 Å². The SMILES string of the molecule is N#Cc1ccccc1OCc1cccc(OCc2ccc(N3C(=O)Nc4c(NC(=O)C5CC5)sc5nccc3c45)cc2)c1. The van der Waals surface area contributed by atoms with Crippen molar-refractivity contribution in [2.24, 2.45) is 5.92 Å². The summed E-state index contributed by atoms with van der Waals surface area (Å²) in [6, 6.07) is 26.1. The second-order valence-electron chi connectivity index (χ2n) is 10.3. The second-order valence-corrected chi connectivity index (χ2v) is 11.3. The number of hydrogen-bond donors (Lipinski definition) is 2. The molecule has 5 aromatic rings. The van der Waals surface area contributed by atoms with Crippen LogP contribution in [0.25, 0.3) is 10.2 Å². The Kier molecular flexibility index (Phi) is 6.85. The quantitative estimate of drug-likeness (QED) is 0.186. The smallest absolute Gasteiger partial charge is 0.331 e. The number of nitrogens with one attached hydrogen (secondary N) is 2. The van der Waals surface area contributed by atoms with E-state index in [-0.39, 0.29) is 17.9 Å². The Labute approximate surface area is 251 Å². The van der Waals surface area contributed by atoms with Gasteiger partial charge in [0.15, 0.2) is 0 Å². The van der Waals surface area contributed by atoms with E-state index in [0.29, 0.717) is 52.3 Å². The molecule has 10 heteroatoms. The molecule has 1 fully saturated rings. The molecule has 2 aliphatic rings. The number of urea groups is 1. The number of ether oxygens (including phenoxy) is 2. The predicted octanol–water partition coefficient (Wildman–Crippen LogP) is 7.36. The third kappa shape index (κ3) is 5.34. The minimum absolute atomic E-state index is 0.0136. The van der Waals surface area contributed by atoms with Gasteiger partial charge in [0.25, 0.3) is 0 Å². The first-order valence-electron chi connectivity index (χ1n) is 13.8. The maximum Gasteiger partial charge on any atom is 0.331 e. The van der Waals surface area contributed by atoms with E-state index in [9.17, 15) is 14.9 Å². The number of aromatic nitrogens is 1. The molecule has 2 aromatic heterocycles. The molecule has 9 nitrogen and oxygen atoms in total. The summed E-state index contributed by atoms with van der Waals surface area (Å²) in [7, 11) is 0. The van der Waals surface area contributed by atoms with Gasteiger partial charge in [-0.3, -0.25) is 9.69 Å². The topological polar surface area (TPSA) is 117 Å². The Morgan fingerprint density at radius 1 is 1.02 bits per heavy atom. The normalized spacial score (nSPS) is 13.7. The van der Waals surface area contributed by atoms with E-state index in [1.807, 2.05) is 60.7 Å². The van der Waals surface area contributed by atoms with Crippen LogP contribution in [-0.2, 0) is 18.0 Å². The van der Waals surface area contributed by atoms with Gasteiger partial charge in [0.05, 0.1) is 28.0 Å². The number of pyridine rings is 1. The number of thiophene rings is 1. The molecule has 43 heavy (non-hydrogen) atoms. The van der Waals surface area contributed by atoms with Crippen LogP contribution in [0.3, 0.4) is 0 Å². The highest BCUT2D eigenvalue weighted by molar-refractivity contribution is 7.23. The zero-order chi connectivity index (χ0) is 29.3. The third-order valence-electron chi connectivity index (χ3n) is 7.33. The van der Waals surface area contributed by atoms with Crippen LogP contribution in [0.2, 0.25) is 0 Å². The first-order chi connectivity index (χ1) is 21.1. The Hall–Kier alpha value is -5.40. The third-order valence-corrected chi connectivity index (χ3v) is 8.34. The average Bonchev–Trinajstić information content (AvgIpc) is 3.84. The molecule has 1 saturated carbocycles. The number of para-hydroxylation sites is 1. The molecule has 0 bridgehead atoms. The van der Waals surface area contributed by atoms with E-state index in [1.165, 1.54) is 11.3 Å². The van der Waals surface area contributed by atoms with Gasteiger partial charge in [-0.05, 0) is 66.4 Å². The molecular weight excluding hydrogens is 562 g/mol. The summed E-state index contributed by atoms with van der Waals surface area (Å²) < 4.78 is 11.9. The fourth-order valence-corrected chi connectivity index (χ4v) is 5.99. The lowest BCUT2D eigenvalue weighted by Crippen LogP contribution is -2.34. The van der Waals surface area contributed by atoms with Gasteiger partial charge in [0.2, 0.25) is 5.91 Å². The van der Waals surface area contributed by atoms with E-state index in [4.69, 9.17) is 9.47 Å². The van der Waals surface area contributed by atoms with Crippen molar-refractivity contribution in [3.05, 3.63) is 102 Å². The van der Waals surface area contributed by atoms with Crippen LogP contribution in [0.15, 0.2) is 85.1 Å². The van der Waals surface area contributed by atoms with Crippen LogP contribution >= 0.6 is 11.3 Å². The molecule has 3 aromatic carbocycles. The molecule has 1 aliphatic carbocycles. The van der Waals surface area contributed by atoms with Crippen molar-refractivity contribution >= 4 is 55.6 Å². The number of nitrogens with zero attached hydrogens (tertiary/aromatic N) is 3. The molecule has 0 spiro atoms. The Balaban J connectivity index is 1.04. The Bertz CT molecular complexity index is 1910. The second kappa shape index (κ2) is 11.1. The standard InChI is InChI=1S/C33H25N5O4S/c34-17-23-5-1-2-7-27(23)42-19-21-4-3-6-25(16-21)41-18-20-8-12-24(13-9-20)38-26-14-15-35-31-28(26)29(36-33(38)40)32(43-31)37-30(39)22-10-11-22/h1-9,12-16,22H,10-11,18-19H2,(H,36,40)(H,37,39). The summed E-state index contributed by atoms with van der Waals surface area (Å²) in [6.07, 6.45) is 3.48. The Morgan fingerprint density at radius 2 is 1.84 bits per heavy atom. The van der Waals surface area contributed by atoms with Gasteiger partial charge in [-0.25, -0.2) is 9.78 Å². The number of benzene rings is 3. The first kappa shape index (κ1) is 26.5. The fourth-order valence-electron chi connectivity index (χ4n) is 4.97. The number of amides is 3. The average molecular weight is 588 g/mol. The Morgan fingerprint density at radius 3 is 2.65 bits per heavy atom. The van der Waals surface area contributed by atoms with Crippen LogP contribution in [0, 0.1) is 17.2 Å². The molecule has 212 valence electrons. The number of anilines is 4. The molecule has 3 amide bonds. The fraction of sp³-hybridized carbons (Fsp3) is 0.152. The number of carbonyl (C=O) groups excluding carboxylic acids is 2.